The van der Waals surface area contributed by atoms with Crippen LogP contribution >= 0.6 is 0 Å². The number of sulfonamides is 1. The number of benzene rings is 2. The lowest BCUT2D eigenvalue weighted by molar-refractivity contribution is -0.116. The monoisotopic (exact) mass is 470 g/mol. The van der Waals surface area contributed by atoms with Gasteiger partial charge in [0, 0.05) is 49.6 Å². The van der Waals surface area contributed by atoms with Crippen molar-refractivity contribution in [1.82, 2.24) is 14.7 Å². The molecule has 2 N–H and O–H groups in total. The highest BCUT2D eigenvalue weighted by Gasteiger charge is 2.19. The first-order chi connectivity index (χ1) is 16.0. The lowest BCUT2D eigenvalue weighted by Gasteiger charge is -2.11. The van der Waals surface area contributed by atoms with Crippen LogP contribution < -0.4 is 24.2 Å². The van der Waals surface area contributed by atoms with E-state index in [1.54, 1.807) is 30.3 Å². The third kappa shape index (κ3) is 6.18. The van der Waals surface area contributed by atoms with Crippen LogP contribution in [-0.2, 0) is 14.8 Å². The molecule has 1 aliphatic rings. The number of aromatic nitrogens is 2. The van der Waals surface area contributed by atoms with E-state index in [9.17, 15) is 13.2 Å². The smallest absolute Gasteiger partial charge is 0.240 e. The van der Waals surface area contributed by atoms with Crippen LogP contribution in [0.4, 0.5) is 5.69 Å². The molecule has 1 aliphatic heterocycles. The number of anilines is 1. The molecule has 0 spiro atoms. The van der Waals surface area contributed by atoms with Crippen molar-refractivity contribution >= 4 is 21.6 Å². The summed E-state index contributed by atoms with van der Waals surface area (Å²) in [5, 5.41) is 2.72. The Balaban J connectivity index is 1.30. The van der Waals surface area contributed by atoms with Crippen LogP contribution in [0.25, 0.3) is 0 Å². The van der Waals surface area contributed by atoms with E-state index >= 15 is 0 Å². The fourth-order valence-corrected chi connectivity index (χ4v) is 4.06. The Kier molecular flexibility index (Phi) is 7.01. The molecular formula is C22H22N4O6S. The van der Waals surface area contributed by atoms with Crippen LogP contribution in [0.3, 0.4) is 0 Å². The van der Waals surface area contributed by atoms with E-state index in [1.165, 1.54) is 30.7 Å². The molecule has 0 aliphatic carbocycles. The summed E-state index contributed by atoms with van der Waals surface area (Å²) in [6, 6.07) is 11.2. The highest BCUT2D eigenvalue weighted by atomic mass is 32.2. The molecule has 3 aromatic rings. The first kappa shape index (κ1) is 22.5. The number of ether oxygens (including phenoxy) is 3. The van der Waals surface area contributed by atoms with Crippen molar-refractivity contribution in [2.45, 2.75) is 17.7 Å². The van der Waals surface area contributed by atoms with Crippen molar-refractivity contribution in [3.05, 3.63) is 61.1 Å². The fourth-order valence-electron chi connectivity index (χ4n) is 3.01. The Labute approximate surface area is 191 Å². The zero-order valence-corrected chi connectivity index (χ0v) is 18.4. The van der Waals surface area contributed by atoms with Gasteiger partial charge in [-0.2, -0.15) is 0 Å². The third-order valence-electron chi connectivity index (χ3n) is 4.55. The zero-order chi connectivity index (χ0) is 23.1. The number of nitrogens with one attached hydrogen (secondary N) is 2. The number of carbonyl (C=O) groups is 1. The molecule has 0 saturated heterocycles. The van der Waals surface area contributed by atoms with E-state index in [2.05, 4.69) is 20.0 Å². The SMILES string of the molecule is O=C(CCNS(=O)(=O)c1ccc2c(c1)OCCCO2)Nc1cccc(Oc2cnccn2)c1. The minimum absolute atomic E-state index is 0.0426. The van der Waals surface area contributed by atoms with Gasteiger partial charge in [0.1, 0.15) is 5.75 Å². The quantitative estimate of drug-likeness (QED) is 0.514. The molecule has 4 rings (SSSR count). The van der Waals surface area contributed by atoms with Crippen LogP contribution in [0, 0.1) is 0 Å². The number of nitrogens with zero attached hydrogens (tertiary/aromatic N) is 2. The van der Waals surface area contributed by atoms with E-state index in [4.69, 9.17) is 14.2 Å². The van der Waals surface area contributed by atoms with Crippen molar-refractivity contribution in [1.29, 1.82) is 0 Å². The normalized spacial score (nSPS) is 13.1. The van der Waals surface area contributed by atoms with Gasteiger partial charge in [-0.15, -0.1) is 0 Å². The first-order valence-corrected chi connectivity index (χ1v) is 11.7. The van der Waals surface area contributed by atoms with Crippen LogP contribution in [0.15, 0.2) is 66.0 Å². The maximum absolute atomic E-state index is 12.6. The van der Waals surface area contributed by atoms with Gasteiger partial charge in [-0.3, -0.25) is 9.78 Å². The molecule has 0 fully saturated rings. The van der Waals surface area contributed by atoms with Crippen LogP contribution in [0.2, 0.25) is 0 Å². The van der Waals surface area contributed by atoms with Gasteiger partial charge < -0.3 is 19.5 Å². The molecule has 0 atom stereocenters. The molecule has 0 unspecified atom stereocenters. The molecule has 0 saturated carbocycles. The number of fused-ring (bicyclic) bond motifs is 1. The van der Waals surface area contributed by atoms with Crippen molar-refractivity contribution in [2.75, 3.05) is 25.1 Å². The zero-order valence-electron chi connectivity index (χ0n) is 17.6. The van der Waals surface area contributed by atoms with Crippen LogP contribution in [-0.4, -0.2) is 44.1 Å². The van der Waals surface area contributed by atoms with Gasteiger partial charge in [0.2, 0.25) is 21.8 Å². The minimum Gasteiger partial charge on any atom is -0.490 e. The number of amides is 1. The van der Waals surface area contributed by atoms with Gasteiger partial charge in [0.15, 0.2) is 11.5 Å². The predicted molar refractivity (Wildman–Crippen MR) is 119 cm³/mol. The summed E-state index contributed by atoms with van der Waals surface area (Å²) in [6.07, 6.45) is 5.18. The van der Waals surface area contributed by atoms with E-state index in [0.717, 1.165) is 6.42 Å². The molecule has 0 bridgehead atoms. The van der Waals surface area contributed by atoms with Crippen molar-refractivity contribution < 1.29 is 27.4 Å². The second-order valence-corrected chi connectivity index (χ2v) is 8.80. The lowest BCUT2D eigenvalue weighted by atomic mass is 10.3. The Morgan fingerprint density at radius 2 is 1.91 bits per heavy atom. The summed E-state index contributed by atoms with van der Waals surface area (Å²) in [6.45, 7) is 0.898. The van der Waals surface area contributed by atoms with Gasteiger partial charge in [-0.05, 0) is 24.3 Å². The molecule has 1 aromatic heterocycles. The second kappa shape index (κ2) is 10.3. The van der Waals surface area contributed by atoms with E-state index < -0.39 is 10.0 Å². The second-order valence-electron chi connectivity index (χ2n) is 7.03. The number of carbonyl (C=O) groups excluding carboxylic acids is 1. The maximum Gasteiger partial charge on any atom is 0.240 e. The Hall–Kier alpha value is -3.70. The lowest BCUT2D eigenvalue weighted by Crippen LogP contribution is -2.27. The first-order valence-electron chi connectivity index (χ1n) is 10.2. The molecule has 11 heteroatoms. The van der Waals surface area contributed by atoms with E-state index in [1.807, 2.05) is 0 Å². The molecule has 0 radical (unpaired) electrons. The van der Waals surface area contributed by atoms with Gasteiger partial charge in [-0.25, -0.2) is 18.1 Å². The molecule has 10 nitrogen and oxygen atoms in total. The number of rotatable bonds is 8. The fraction of sp³-hybridized carbons (Fsp3) is 0.227. The van der Waals surface area contributed by atoms with Gasteiger partial charge in [-0.1, -0.05) is 6.07 Å². The topological polar surface area (TPSA) is 129 Å². The molecule has 1 amide bonds. The van der Waals surface area contributed by atoms with Crippen LogP contribution in [0.1, 0.15) is 12.8 Å². The maximum atomic E-state index is 12.6. The van der Waals surface area contributed by atoms with Gasteiger partial charge in [0.05, 0.1) is 24.3 Å². The Morgan fingerprint density at radius 3 is 2.73 bits per heavy atom. The summed E-state index contributed by atoms with van der Waals surface area (Å²) >= 11 is 0. The summed E-state index contributed by atoms with van der Waals surface area (Å²) < 4.78 is 44.3. The third-order valence-corrected chi connectivity index (χ3v) is 6.01. The van der Waals surface area contributed by atoms with Crippen molar-refractivity contribution in [2.24, 2.45) is 0 Å². The van der Waals surface area contributed by atoms with Gasteiger partial charge in [0.25, 0.3) is 0 Å². The summed E-state index contributed by atoms with van der Waals surface area (Å²) in [4.78, 5) is 20.3. The highest BCUT2D eigenvalue weighted by Crippen LogP contribution is 2.31. The van der Waals surface area contributed by atoms with E-state index in [0.29, 0.717) is 42.0 Å². The molecule has 172 valence electrons. The van der Waals surface area contributed by atoms with Crippen molar-refractivity contribution in [3.8, 4) is 23.1 Å². The minimum atomic E-state index is -3.81. The molecular weight excluding hydrogens is 448 g/mol. The van der Waals surface area contributed by atoms with Crippen molar-refractivity contribution in [3.63, 3.8) is 0 Å². The summed E-state index contributed by atoms with van der Waals surface area (Å²) in [5.74, 6) is 1.34. The summed E-state index contributed by atoms with van der Waals surface area (Å²) in [7, 11) is -3.81. The Bertz CT molecular complexity index is 1220. The highest BCUT2D eigenvalue weighted by molar-refractivity contribution is 7.89. The predicted octanol–water partition coefficient (Wildman–Crippen LogP) is 2.74. The molecule has 33 heavy (non-hydrogen) atoms. The largest absolute Gasteiger partial charge is 0.490 e. The number of hydrogen-bond acceptors (Lipinski definition) is 8. The average molecular weight is 471 g/mol. The molecule has 2 heterocycles. The van der Waals surface area contributed by atoms with Crippen LogP contribution in [0.5, 0.6) is 23.1 Å². The summed E-state index contributed by atoms with van der Waals surface area (Å²) in [5.41, 5.74) is 0.507. The average Bonchev–Trinajstić information content (AvgIpc) is 3.05. The standard InChI is InChI=1S/C22H22N4O6S/c27-21(26-16-3-1-4-17(13-16)32-22-15-23-9-10-24-22)7-8-25-33(28,29)18-5-6-19-20(14-18)31-12-2-11-30-19/h1,3-6,9-10,13-15,25H,2,7-8,11-12H2,(H,26,27). The number of hydrogen-bond donors (Lipinski definition) is 2. The van der Waals surface area contributed by atoms with Gasteiger partial charge >= 0.3 is 0 Å². The van der Waals surface area contributed by atoms with E-state index in [-0.39, 0.29) is 23.8 Å². The Morgan fingerprint density at radius 1 is 1.06 bits per heavy atom. The molecule has 2 aromatic carbocycles.